The van der Waals surface area contributed by atoms with Crippen molar-refractivity contribution < 1.29 is 47.6 Å². The maximum atomic E-state index is 12.5. The van der Waals surface area contributed by atoms with Crippen molar-refractivity contribution in [2.45, 2.75) is 51.0 Å². The van der Waals surface area contributed by atoms with E-state index in [9.17, 15) is 19.2 Å². The fourth-order valence-corrected chi connectivity index (χ4v) is 5.22. The zero-order valence-electron chi connectivity index (χ0n) is 26.6. The lowest BCUT2D eigenvalue weighted by Crippen LogP contribution is -2.40. The van der Waals surface area contributed by atoms with Gasteiger partial charge in [-0.05, 0) is 64.7 Å². The van der Waals surface area contributed by atoms with Crippen molar-refractivity contribution in [1.82, 2.24) is 14.7 Å². The molecule has 0 N–H and O–H groups in total. The molecule has 0 amide bonds. The average molecular weight is 638 g/mol. The molecule has 0 bridgehead atoms. The van der Waals surface area contributed by atoms with Crippen LogP contribution in [0.1, 0.15) is 44.9 Å². The predicted molar refractivity (Wildman–Crippen MR) is 164 cm³/mol. The standard InChI is InChI=1S/C32H51N3O10/c36-29(42-20-6-4-12-33-16-22-40-23-17-33)8-9-31(38)44-27-28(26-35-14-2-1-3-15-35)45-32(39)11-10-30(37)43-21-7-5-13-34-18-24-41-25-19-34/h8-11,28H,1-7,12-27H2/b9-8+,11-10+. The molecular weight excluding hydrogens is 586 g/mol. The Hall–Kier alpha value is -2.84. The highest BCUT2D eigenvalue weighted by atomic mass is 16.6. The van der Waals surface area contributed by atoms with Gasteiger partial charge in [0.25, 0.3) is 0 Å². The molecule has 1 unspecified atom stereocenters. The molecule has 13 nitrogen and oxygen atoms in total. The smallest absolute Gasteiger partial charge is 0.331 e. The summed E-state index contributed by atoms with van der Waals surface area (Å²) in [4.78, 5) is 55.5. The zero-order chi connectivity index (χ0) is 32.0. The van der Waals surface area contributed by atoms with Crippen LogP contribution in [0.25, 0.3) is 0 Å². The number of esters is 4. The molecule has 0 aromatic heterocycles. The molecule has 0 aromatic carbocycles. The van der Waals surface area contributed by atoms with Crippen molar-refractivity contribution in [3.63, 3.8) is 0 Å². The molecule has 3 fully saturated rings. The Morgan fingerprint density at radius 3 is 1.53 bits per heavy atom. The first-order chi connectivity index (χ1) is 22.0. The highest BCUT2D eigenvalue weighted by Crippen LogP contribution is 2.11. The van der Waals surface area contributed by atoms with Gasteiger partial charge in [-0.2, -0.15) is 0 Å². The van der Waals surface area contributed by atoms with Crippen molar-refractivity contribution in [3.05, 3.63) is 24.3 Å². The summed E-state index contributed by atoms with van der Waals surface area (Å²) in [6, 6.07) is 0. The summed E-state index contributed by atoms with van der Waals surface area (Å²) in [5.74, 6) is -2.72. The van der Waals surface area contributed by atoms with Gasteiger partial charge in [-0.3, -0.25) is 14.7 Å². The molecule has 0 aliphatic carbocycles. The van der Waals surface area contributed by atoms with Gasteiger partial charge < -0.3 is 28.4 Å². The molecule has 3 rings (SSSR count). The number of carbonyl (C=O) groups excluding carboxylic acids is 4. The second-order valence-electron chi connectivity index (χ2n) is 11.4. The Morgan fingerprint density at radius 2 is 1.02 bits per heavy atom. The molecule has 0 radical (unpaired) electrons. The molecule has 1 atom stereocenters. The third kappa shape index (κ3) is 17.4. The maximum Gasteiger partial charge on any atom is 0.331 e. The second-order valence-corrected chi connectivity index (χ2v) is 11.4. The van der Waals surface area contributed by atoms with E-state index in [1.807, 2.05) is 0 Å². The highest BCUT2D eigenvalue weighted by Gasteiger charge is 2.21. The minimum atomic E-state index is -0.744. The van der Waals surface area contributed by atoms with Gasteiger partial charge in [0.2, 0.25) is 0 Å². The fraction of sp³-hybridized carbons (Fsp3) is 0.750. The van der Waals surface area contributed by atoms with Crippen LogP contribution >= 0.6 is 0 Å². The Morgan fingerprint density at radius 1 is 0.556 bits per heavy atom. The Bertz CT molecular complexity index is 941. The SMILES string of the molecule is O=C(/C=C/C(=O)OCC(CN1CCCCC1)OC(=O)/C=C/C(=O)OCCCCN1CCOCC1)OCCCCN1CCOCC1. The number of morpholine rings is 2. The van der Waals surface area contributed by atoms with Crippen molar-refractivity contribution in [3.8, 4) is 0 Å². The van der Waals surface area contributed by atoms with Crippen LogP contribution in [0.3, 0.4) is 0 Å². The number of hydrogen-bond donors (Lipinski definition) is 0. The van der Waals surface area contributed by atoms with Gasteiger partial charge >= 0.3 is 23.9 Å². The van der Waals surface area contributed by atoms with Crippen molar-refractivity contribution in [1.29, 1.82) is 0 Å². The van der Waals surface area contributed by atoms with Crippen LogP contribution in [0.15, 0.2) is 24.3 Å². The summed E-state index contributed by atoms with van der Waals surface area (Å²) in [5.41, 5.74) is 0. The first kappa shape index (κ1) is 36.6. The van der Waals surface area contributed by atoms with E-state index in [0.29, 0.717) is 6.54 Å². The van der Waals surface area contributed by atoms with Gasteiger partial charge in [0.15, 0.2) is 0 Å². The van der Waals surface area contributed by atoms with Gasteiger partial charge in [-0.25, -0.2) is 19.2 Å². The third-order valence-corrected chi connectivity index (χ3v) is 7.75. The number of likely N-dealkylation sites (tertiary alicyclic amines) is 1. The van der Waals surface area contributed by atoms with Crippen LogP contribution in [0, 0.1) is 0 Å². The van der Waals surface area contributed by atoms with E-state index in [-0.39, 0.29) is 19.8 Å². The van der Waals surface area contributed by atoms with E-state index in [1.54, 1.807) is 0 Å². The minimum absolute atomic E-state index is 0.191. The molecular formula is C32H51N3O10. The third-order valence-electron chi connectivity index (χ3n) is 7.75. The van der Waals surface area contributed by atoms with Crippen LogP contribution in [0.4, 0.5) is 0 Å². The quantitative estimate of drug-likeness (QED) is 0.0874. The van der Waals surface area contributed by atoms with E-state index in [1.165, 1.54) is 0 Å². The van der Waals surface area contributed by atoms with E-state index in [2.05, 4.69) is 14.7 Å². The summed E-state index contributed by atoms with van der Waals surface area (Å²) < 4.78 is 31.8. The van der Waals surface area contributed by atoms with Gasteiger partial charge in [-0.15, -0.1) is 0 Å². The number of carbonyl (C=O) groups is 4. The molecule has 254 valence electrons. The summed E-state index contributed by atoms with van der Waals surface area (Å²) in [7, 11) is 0. The van der Waals surface area contributed by atoms with Crippen LogP contribution in [-0.2, 0) is 47.6 Å². The first-order valence-corrected chi connectivity index (χ1v) is 16.4. The molecule has 3 heterocycles. The average Bonchev–Trinajstić information content (AvgIpc) is 3.06. The molecule has 13 heteroatoms. The number of hydrogen-bond acceptors (Lipinski definition) is 13. The fourth-order valence-electron chi connectivity index (χ4n) is 5.22. The minimum Gasteiger partial charge on any atom is -0.463 e. The Kier molecular flexibility index (Phi) is 18.4. The van der Waals surface area contributed by atoms with Crippen molar-refractivity contribution in [2.75, 3.05) is 105 Å². The largest absolute Gasteiger partial charge is 0.463 e. The summed E-state index contributed by atoms with van der Waals surface area (Å²) in [6.07, 6.45) is 9.86. The molecule has 0 saturated carbocycles. The first-order valence-electron chi connectivity index (χ1n) is 16.4. The Labute approximate surface area is 266 Å². The number of nitrogens with zero attached hydrogens (tertiary/aromatic N) is 3. The molecule has 3 aliphatic heterocycles. The Balaban J connectivity index is 1.32. The summed E-state index contributed by atoms with van der Waals surface area (Å²) in [6.45, 7) is 11.0. The number of rotatable bonds is 19. The number of piperidine rings is 1. The van der Waals surface area contributed by atoms with Crippen LogP contribution in [-0.4, -0.2) is 150 Å². The zero-order valence-corrected chi connectivity index (χ0v) is 26.6. The molecule has 45 heavy (non-hydrogen) atoms. The molecule has 0 spiro atoms. The topological polar surface area (TPSA) is 133 Å². The van der Waals surface area contributed by atoms with Crippen molar-refractivity contribution in [2.24, 2.45) is 0 Å². The lowest BCUT2D eigenvalue weighted by molar-refractivity contribution is -0.154. The van der Waals surface area contributed by atoms with E-state index in [0.717, 1.165) is 148 Å². The van der Waals surface area contributed by atoms with Gasteiger partial charge in [0.05, 0.1) is 39.6 Å². The monoisotopic (exact) mass is 637 g/mol. The van der Waals surface area contributed by atoms with Gasteiger partial charge in [-0.1, -0.05) is 6.42 Å². The summed E-state index contributed by atoms with van der Waals surface area (Å²) >= 11 is 0. The van der Waals surface area contributed by atoms with Crippen LogP contribution < -0.4 is 0 Å². The van der Waals surface area contributed by atoms with Gasteiger partial charge in [0, 0.05) is 57.0 Å². The second kappa shape index (κ2) is 22.6. The molecule has 3 saturated heterocycles. The highest BCUT2D eigenvalue weighted by molar-refractivity contribution is 5.92. The number of unbranched alkanes of at least 4 members (excludes halogenated alkanes) is 2. The summed E-state index contributed by atoms with van der Waals surface area (Å²) in [5, 5.41) is 0. The number of ether oxygens (including phenoxy) is 6. The van der Waals surface area contributed by atoms with Crippen LogP contribution in [0.2, 0.25) is 0 Å². The maximum absolute atomic E-state index is 12.5. The van der Waals surface area contributed by atoms with Crippen molar-refractivity contribution >= 4 is 23.9 Å². The van der Waals surface area contributed by atoms with E-state index < -0.39 is 30.0 Å². The van der Waals surface area contributed by atoms with Crippen LogP contribution in [0.5, 0.6) is 0 Å². The lowest BCUT2D eigenvalue weighted by Gasteiger charge is -2.29. The normalized spacial score (nSPS) is 19.4. The molecule has 0 aromatic rings. The van der Waals surface area contributed by atoms with E-state index >= 15 is 0 Å². The predicted octanol–water partition coefficient (Wildman–Crippen LogP) is 1.35. The van der Waals surface area contributed by atoms with Gasteiger partial charge in [0.1, 0.15) is 12.7 Å². The molecule has 3 aliphatic rings. The lowest BCUT2D eigenvalue weighted by atomic mass is 10.1. The van der Waals surface area contributed by atoms with E-state index in [4.69, 9.17) is 28.4 Å².